The molecule has 0 heterocycles. The van der Waals surface area contributed by atoms with Gasteiger partial charge in [-0.3, -0.25) is 14.4 Å². The topological polar surface area (TPSA) is 159 Å². The summed E-state index contributed by atoms with van der Waals surface area (Å²) in [6.07, 6.45) is 0.679. The molecule has 0 aliphatic carbocycles. The Kier molecular flexibility index (Phi) is 15.4. The van der Waals surface area contributed by atoms with Crippen molar-refractivity contribution in [1.29, 1.82) is 0 Å². The van der Waals surface area contributed by atoms with Crippen molar-refractivity contribution < 1.29 is 36.7 Å². The maximum atomic E-state index is 14.3. The first-order chi connectivity index (χ1) is 22.0. The molecule has 13 heteroatoms. The van der Waals surface area contributed by atoms with Gasteiger partial charge in [0.2, 0.25) is 11.8 Å². The number of carbonyl (C=O) groups is 3. The molecule has 0 aromatic heterocycles. The lowest BCUT2D eigenvalue weighted by Gasteiger charge is -2.31. The van der Waals surface area contributed by atoms with E-state index in [2.05, 4.69) is 10.6 Å². The summed E-state index contributed by atoms with van der Waals surface area (Å²) in [6.45, 7) is 10.3. The van der Waals surface area contributed by atoms with Gasteiger partial charge in [-0.15, -0.1) is 0 Å². The molecule has 0 radical (unpaired) electrons. The van der Waals surface area contributed by atoms with Crippen LogP contribution in [0, 0.1) is 24.5 Å². The lowest BCUT2D eigenvalue weighted by atomic mass is 9.80. The van der Waals surface area contributed by atoms with Crippen molar-refractivity contribution in [3.8, 4) is 0 Å². The Balaban J connectivity index is 2.70. The van der Waals surface area contributed by atoms with Crippen LogP contribution in [0.4, 0.5) is 8.78 Å². The Morgan fingerprint density at radius 3 is 2.04 bits per heavy atom. The largest absolute Gasteiger partial charge is 0.391 e. The average molecular weight is 681 g/mol. The van der Waals surface area contributed by atoms with Crippen LogP contribution in [0.5, 0.6) is 0 Å². The number of amides is 3. The highest BCUT2D eigenvalue weighted by molar-refractivity contribution is 7.90. The zero-order valence-corrected chi connectivity index (χ0v) is 29.1. The van der Waals surface area contributed by atoms with Crippen LogP contribution in [0.1, 0.15) is 90.3 Å². The number of rotatable bonds is 19. The molecule has 0 fully saturated rings. The van der Waals surface area contributed by atoms with Crippen molar-refractivity contribution in [3.63, 3.8) is 0 Å². The zero-order chi connectivity index (χ0) is 35.5. The first-order valence-corrected chi connectivity index (χ1v) is 18.1. The van der Waals surface area contributed by atoms with Crippen molar-refractivity contribution >= 4 is 27.6 Å². The third kappa shape index (κ3) is 12.6. The van der Waals surface area contributed by atoms with E-state index in [1.165, 1.54) is 6.07 Å². The fraction of sp³-hybridized carbons (Fsp3) is 0.559. The molecule has 0 aliphatic heterocycles. The highest BCUT2D eigenvalue weighted by atomic mass is 32.2. The Hall–Kier alpha value is -3.42. The minimum absolute atomic E-state index is 0.0227. The molecule has 10 nitrogen and oxygen atoms in total. The second-order valence-corrected chi connectivity index (χ2v) is 14.9. The summed E-state index contributed by atoms with van der Waals surface area (Å²) in [7, 11) is -3.43. The minimum Gasteiger partial charge on any atom is -0.391 e. The second kappa shape index (κ2) is 18.2. The molecule has 0 bridgehead atoms. The molecule has 2 aromatic carbocycles. The molecule has 3 atom stereocenters. The van der Waals surface area contributed by atoms with Crippen LogP contribution in [0.3, 0.4) is 0 Å². The number of halogens is 2. The number of nitrogens with one attached hydrogen (secondary N) is 2. The summed E-state index contributed by atoms with van der Waals surface area (Å²) in [6, 6.07) is 5.02. The smallest absolute Gasteiger partial charge is 0.254 e. The molecule has 2 rings (SSSR count). The maximum Gasteiger partial charge on any atom is 0.254 e. The molecule has 0 saturated carbocycles. The van der Waals surface area contributed by atoms with Gasteiger partial charge in [0.15, 0.2) is 0 Å². The number of aryl methyl sites for hydroxylation is 1. The molecular formula is C34H50F2N4O6S. The van der Waals surface area contributed by atoms with E-state index in [9.17, 15) is 36.7 Å². The van der Waals surface area contributed by atoms with E-state index >= 15 is 0 Å². The Bertz CT molecular complexity index is 1480. The predicted molar refractivity (Wildman–Crippen MR) is 179 cm³/mol. The van der Waals surface area contributed by atoms with Crippen molar-refractivity contribution in [3.05, 3.63) is 69.8 Å². The molecule has 0 unspecified atom stereocenters. The molecule has 3 amide bonds. The quantitative estimate of drug-likeness (QED) is 0.177. The first-order valence-electron chi connectivity index (χ1n) is 16.0. The van der Waals surface area contributed by atoms with Gasteiger partial charge < -0.3 is 26.4 Å². The van der Waals surface area contributed by atoms with Crippen LogP contribution < -0.4 is 16.4 Å². The van der Waals surface area contributed by atoms with E-state index in [1.54, 1.807) is 17.9 Å². The van der Waals surface area contributed by atoms with E-state index in [-0.39, 0.29) is 59.2 Å². The standard InChI is InChI=1S/C34H50F2N4O6S/c1-7-10-40(11-8-2)34(44)28-14-22(5)13-27(32(37)42)31(28)26(17-23-15-24(35)18-25(36)16-23)30(41)20-38-29(9-12-47(6,45)46)33(43)39-19-21(3)4/h13-16,18,21,26,29-30,38,41H,7-12,17,19-20H2,1-6H3,(H2,37,42)(H,39,43)/t26-,29+,30+/m1/s1. The number of nitrogens with two attached hydrogens (primary N) is 1. The molecule has 0 aliphatic rings. The molecule has 262 valence electrons. The summed E-state index contributed by atoms with van der Waals surface area (Å²) < 4.78 is 52.6. The number of hydrogen-bond donors (Lipinski definition) is 4. The van der Waals surface area contributed by atoms with Gasteiger partial charge in [-0.05, 0) is 79.5 Å². The summed E-state index contributed by atoms with van der Waals surface area (Å²) in [5.74, 6) is -4.67. The van der Waals surface area contributed by atoms with E-state index in [0.717, 1.165) is 18.4 Å². The summed E-state index contributed by atoms with van der Waals surface area (Å²) in [5.41, 5.74) is 6.80. The lowest BCUT2D eigenvalue weighted by Crippen LogP contribution is -2.49. The molecule has 47 heavy (non-hydrogen) atoms. The van der Waals surface area contributed by atoms with Crippen molar-refractivity contribution in [2.75, 3.05) is 38.2 Å². The van der Waals surface area contributed by atoms with Gasteiger partial charge in [0.05, 0.1) is 17.9 Å². The van der Waals surface area contributed by atoms with Gasteiger partial charge in [0, 0.05) is 55.5 Å². The SMILES string of the molecule is CCCN(CCC)C(=O)c1cc(C)cc(C(N)=O)c1[C@H](Cc1cc(F)cc(F)c1)[C@@H](O)CN[C@@H](CCS(C)(=O)=O)C(=O)NCC(C)C. The summed E-state index contributed by atoms with van der Waals surface area (Å²) >= 11 is 0. The summed E-state index contributed by atoms with van der Waals surface area (Å²) in [5, 5.41) is 17.5. The van der Waals surface area contributed by atoms with E-state index in [4.69, 9.17) is 5.73 Å². The second-order valence-electron chi connectivity index (χ2n) is 12.6. The van der Waals surface area contributed by atoms with Crippen LogP contribution in [-0.2, 0) is 21.1 Å². The monoisotopic (exact) mass is 680 g/mol. The van der Waals surface area contributed by atoms with E-state index in [1.807, 2.05) is 27.7 Å². The molecule has 5 N–H and O–H groups in total. The van der Waals surface area contributed by atoms with Gasteiger partial charge in [-0.1, -0.05) is 27.7 Å². The fourth-order valence-electron chi connectivity index (χ4n) is 5.51. The fourth-order valence-corrected chi connectivity index (χ4v) is 6.17. The summed E-state index contributed by atoms with van der Waals surface area (Å²) in [4.78, 5) is 41.7. The highest BCUT2D eigenvalue weighted by Crippen LogP contribution is 2.33. The van der Waals surface area contributed by atoms with Gasteiger partial charge in [-0.2, -0.15) is 0 Å². The van der Waals surface area contributed by atoms with Gasteiger partial charge in [-0.25, -0.2) is 17.2 Å². The lowest BCUT2D eigenvalue weighted by molar-refractivity contribution is -0.123. The van der Waals surface area contributed by atoms with Gasteiger partial charge in [0.25, 0.3) is 5.91 Å². The van der Waals surface area contributed by atoms with Crippen molar-refractivity contribution in [1.82, 2.24) is 15.5 Å². The molecular weight excluding hydrogens is 630 g/mol. The number of benzene rings is 2. The van der Waals surface area contributed by atoms with E-state index in [0.29, 0.717) is 44.1 Å². The number of aliphatic hydroxyl groups is 1. The number of aliphatic hydroxyl groups excluding tert-OH is 1. The number of sulfone groups is 1. The number of primary amides is 1. The first kappa shape index (κ1) is 39.8. The molecule has 0 spiro atoms. The Morgan fingerprint density at radius 2 is 1.53 bits per heavy atom. The van der Waals surface area contributed by atoms with Gasteiger partial charge >= 0.3 is 0 Å². The predicted octanol–water partition coefficient (Wildman–Crippen LogP) is 3.49. The number of carbonyl (C=O) groups excluding carboxylic acids is 3. The average Bonchev–Trinajstić information content (AvgIpc) is 2.96. The van der Waals surface area contributed by atoms with Crippen LogP contribution in [0.2, 0.25) is 0 Å². The third-order valence-corrected chi connectivity index (χ3v) is 8.64. The van der Waals surface area contributed by atoms with Crippen LogP contribution in [0.25, 0.3) is 0 Å². The third-order valence-electron chi connectivity index (χ3n) is 7.66. The number of nitrogens with zero attached hydrogens (tertiary/aromatic N) is 1. The number of hydrogen-bond acceptors (Lipinski definition) is 7. The van der Waals surface area contributed by atoms with Crippen LogP contribution in [-0.4, -0.2) is 86.5 Å². The normalized spacial score (nSPS) is 13.7. The van der Waals surface area contributed by atoms with Crippen molar-refractivity contribution in [2.45, 2.75) is 78.4 Å². The zero-order valence-electron chi connectivity index (χ0n) is 28.2. The van der Waals surface area contributed by atoms with Crippen LogP contribution in [0.15, 0.2) is 30.3 Å². The maximum absolute atomic E-state index is 14.3. The molecule has 2 aromatic rings. The highest BCUT2D eigenvalue weighted by Gasteiger charge is 2.33. The van der Waals surface area contributed by atoms with Crippen LogP contribution >= 0.6 is 0 Å². The Labute approximate surface area is 277 Å². The Morgan fingerprint density at radius 1 is 0.957 bits per heavy atom. The van der Waals surface area contributed by atoms with E-state index < -0.39 is 51.3 Å². The molecule has 0 saturated heterocycles. The van der Waals surface area contributed by atoms with Crippen molar-refractivity contribution in [2.24, 2.45) is 11.7 Å². The van der Waals surface area contributed by atoms with Gasteiger partial charge in [0.1, 0.15) is 21.5 Å². The minimum atomic E-state index is -3.43.